The summed E-state index contributed by atoms with van der Waals surface area (Å²) in [5, 5.41) is 1.02. The van der Waals surface area contributed by atoms with Crippen LogP contribution in [-0.4, -0.2) is 41.3 Å². The van der Waals surface area contributed by atoms with E-state index in [1.165, 1.54) is 0 Å². The zero-order valence-corrected chi connectivity index (χ0v) is 20.7. The molecule has 1 aliphatic rings. The first kappa shape index (κ1) is 23.5. The quantitative estimate of drug-likeness (QED) is 0.320. The standard InChI is InChI=1S/C29H29N3O4/c1-31-25(21-12-13-27(34-2)28(16-21)35-3)15-22-18-30-23(17-26(22)31)24-11-7-8-14-32(24)29(33)36-19-20-9-5-4-6-10-20/h4-10,12-13,15-18,24H,11,14,19H2,1-3H3. The van der Waals surface area contributed by atoms with Gasteiger partial charge in [-0.15, -0.1) is 0 Å². The predicted molar refractivity (Wildman–Crippen MR) is 139 cm³/mol. The molecule has 0 saturated carbocycles. The molecule has 1 amide bonds. The molecule has 0 bridgehead atoms. The highest BCUT2D eigenvalue weighted by Gasteiger charge is 2.28. The number of benzene rings is 2. The van der Waals surface area contributed by atoms with Crippen molar-refractivity contribution in [2.75, 3.05) is 20.8 Å². The third-order valence-corrected chi connectivity index (χ3v) is 6.61. The second kappa shape index (κ2) is 10.2. The van der Waals surface area contributed by atoms with Gasteiger partial charge < -0.3 is 18.8 Å². The fraction of sp³-hybridized carbons (Fsp3) is 0.241. The van der Waals surface area contributed by atoms with Gasteiger partial charge in [-0.3, -0.25) is 9.88 Å². The Morgan fingerprint density at radius 1 is 1.00 bits per heavy atom. The SMILES string of the molecule is COc1ccc(-c2cc3cnc(C4CC=CCN4C(=O)OCc4ccccc4)cc3n2C)cc1OC. The van der Waals surface area contributed by atoms with Gasteiger partial charge in [0.1, 0.15) is 6.61 Å². The van der Waals surface area contributed by atoms with Crippen molar-refractivity contribution in [3.63, 3.8) is 0 Å². The first-order chi connectivity index (χ1) is 17.6. The summed E-state index contributed by atoms with van der Waals surface area (Å²) in [7, 11) is 5.29. The van der Waals surface area contributed by atoms with Gasteiger partial charge in [-0.1, -0.05) is 42.5 Å². The van der Waals surface area contributed by atoms with Crippen molar-refractivity contribution in [3.05, 3.63) is 90.3 Å². The van der Waals surface area contributed by atoms with Crippen molar-refractivity contribution in [3.8, 4) is 22.8 Å². The molecule has 1 atom stereocenters. The zero-order valence-electron chi connectivity index (χ0n) is 20.7. The van der Waals surface area contributed by atoms with Crippen LogP contribution in [0.15, 0.2) is 79.0 Å². The van der Waals surface area contributed by atoms with E-state index in [0.717, 1.165) is 33.4 Å². The van der Waals surface area contributed by atoms with Crippen LogP contribution in [0.2, 0.25) is 0 Å². The molecule has 3 heterocycles. The van der Waals surface area contributed by atoms with Crippen LogP contribution >= 0.6 is 0 Å². The fourth-order valence-corrected chi connectivity index (χ4v) is 4.65. The Bertz CT molecular complexity index is 1410. The van der Waals surface area contributed by atoms with Gasteiger partial charge in [0.15, 0.2) is 11.5 Å². The molecule has 0 radical (unpaired) electrons. The number of carbonyl (C=O) groups excluding carboxylic acids is 1. The molecule has 0 N–H and O–H groups in total. The van der Waals surface area contributed by atoms with E-state index in [2.05, 4.69) is 22.8 Å². The average molecular weight is 484 g/mol. The number of nitrogens with zero attached hydrogens (tertiary/aromatic N) is 3. The molecule has 1 unspecified atom stereocenters. The maximum Gasteiger partial charge on any atom is 0.410 e. The molecule has 7 heteroatoms. The van der Waals surface area contributed by atoms with E-state index in [1.54, 1.807) is 19.1 Å². The van der Waals surface area contributed by atoms with Gasteiger partial charge in [-0.05, 0) is 42.3 Å². The molecule has 0 spiro atoms. The maximum absolute atomic E-state index is 13.0. The summed E-state index contributed by atoms with van der Waals surface area (Å²) in [6, 6.07) is 19.6. The zero-order chi connectivity index (χ0) is 25.1. The van der Waals surface area contributed by atoms with Gasteiger partial charge in [0.25, 0.3) is 0 Å². The normalized spacial score (nSPS) is 15.2. The minimum Gasteiger partial charge on any atom is -0.493 e. The molecule has 1 aliphatic heterocycles. The first-order valence-electron chi connectivity index (χ1n) is 11.9. The predicted octanol–water partition coefficient (Wildman–Crippen LogP) is 5.90. The Morgan fingerprint density at radius 3 is 2.58 bits per heavy atom. The summed E-state index contributed by atoms with van der Waals surface area (Å²) in [6.45, 7) is 0.730. The Hall–Kier alpha value is -4.26. The summed E-state index contributed by atoms with van der Waals surface area (Å²) >= 11 is 0. The maximum atomic E-state index is 13.0. The van der Waals surface area contributed by atoms with Gasteiger partial charge >= 0.3 is 6.09 Å². The van der Waals surface area contributed by atoms with Crippen LogP contribution in [0.1, 0.15) is 23.7 Å². The molecule has 2 aromatic carbocycles. The van der Waals surface area contributed by atoms with E-state index in [0.29, 0.717) is 24.5 Å². The van der Waals surface area contributed by atoms with Crippen molar-refractivity contribution in [2.45, 2.75) is 19.1 Å². The third kappa shape index (κ3) is 4.52. The summed E-state index contributed by atoms with van der Waals surface area (Å²) in [5.74, 6) is 1.37. The molecule has 0 fully saturated rings. The van der Waals surface area contributed by atoms with Crippen molar-refractivity contribution in [1.82, 2.24) is 14.5 Å². The van der Waals surface area contributed by atoms with Crippen molar-refractivity contribution in [2.24, 2.45) is 7.05 Å². The molecular formula is C29H29N3O4. The van der Waals surface area contributed by atoms with Crippen LogP contribution in [-0.2, 0) is 18.4 Å². The average Bonchev–Trinajstić information content (AvgIpc) is 3.27. The molecule has 5 rings (SSSR count). The van der Waals surface area contributed by atoms with Gasteiger partial charge in [0.05, 0.1) is 31.5 Å². The topological polar surface area (TPSA) is 65.8 Å². The summed E-state index contributed by atoms with van der Waals surface area (Å²) in [4.78, 5) is 19.5. The lowest BCUT2D eigenvalue weighted by molar-refractivity contribution is 0.0825. The summed E-state index contributed by atoms with van der Waals surface area (Å²) in [5.41, 5.74) is 4.88. The molecule has 7 nitrogen and oxygen atoms in total. The second-order valence-electron chi connectivity index (χ2n) is 8.74. The number of aryl methyl sites for hydroxylation is 1. The lowest BCUT2D eigenvalue weighted by atomic mass is 10.0. The number of methoxy groups -OCH3 is 2. The molecular weight excluding hydrogens is 454 g/mol. The highest BCUT2D eigenvalue weighted by molar-refractivity contribution is 5.87. The Kier molecular flexibility index (Phi) is 6.62. The lowest BCUT2D eigenvalue weighted by Crippen LogP contribution is -2.37. The van der Waals surface area contributed by atoms with Gasteiger partial charge in [0, 0.05) is 36.4 Å². The summed E-state index contributed by atoms with van der Waals surface area (Å²) in [6.07, 6.45) is 6.31. The highest BCUT2D eigenvalue weighted by Crippen LogP contribution is 2.35. The van der Waals surface area contributed by atoms with Gasteiger partial charge in [0.2, 0.25) is 0 Å². The molecule has 2 aromatic heterocycles. The van der Waals surface area contributed by atoms with Crippen LogP contribution in [0.25, 0.3) is 22.2 Å². The minimum absolute atomic E-state index is 0.192. The van der Waals surface area contributed by atoms with Crippen molar-refractivity contribution < 1.29 is 19.0 Å². The van der Waals surface area contributed by atoms with Crippen molar-refractivity contribution in [1.29, 1.82) is 0 Å². The molecule has 4 aromatic rings. The summed E-state index contributed by atoms with van der Waals surface area (Å²) < 4.78 is 18.6. The lowest BCUT2D eigenvalue weighted by Gasteiger charge is -2.31. The number of pyridine rings is 1. The Balaban J connectivity index is 1.42. The minimum atomic E-state index is -0.340. The number of hydrogen-bond donors (Lipinski definition) is 0. The van der Waals surface area contributed by atoms with E-state index in [1.807, 2.05) is 67.9 Å². The number of amides is 1. The van der Waals surface area contributed by atoms with E-state index in [-0.39, 0.29) is 18.7 Å². The number of aromatic nitrogens is 2. The third-order valence-electron chi connectivity index (χ3n) is 6.61. The van der Waals surface area contributed by atoms with E-state index < -0.39 is 0 Å². The number of hydrogen-bond acceptors (Lipinski definition) is 5. The molecule has 36 heavy (non-hydrogen) atoms. The second-order valence-corrected chi connectivity index (χ2v) is 8.74. The number of carbonyl (C=O) groups is 1. The number of ether oxygens (including phenoxy) is 3. The van der Waals surface area contributed by atoms with E-state index in [9.17, 15) is 4.79 Å². The van der Waals surface area contributed by atoms with Crippen LogP contribution in [0, 0.1) is 0 Å². The monoisotopic (exact) mass is 483 g/mol. The van der Waals surface area contributed by atoms with E-state index >= 15 is 0 Å². The first-order valence-corrected chi connectivity index (χ1v) is 11.9. The van der Waals surface area contributed by atoms with Gasteiger partial charge in [-0.25, -0.2) is 4.79 Å². The van der Waals surface area contributed by atoms with Crippen LogP contribution < -0.4 is 9.47 Å². The molecule has 0 saturated heterocycles. The molecule has 0 aliphatic carbocycles. The van der Waals surface area contributed by atoms with E-state index in [4.69, 9.17) is 19.2 Å². The van der Waals surface area contributed by atoms with Crippen LogP contribution in [0.5, 0.6) is 11.5 Å². The van der Waals surface area contributed by atoms with Gasteiger partial charge in [-0.2, -0.15) is 0 Å². The van der Waals surface area contributed by atoms with Crippen molar-refractivity contribution >= 4 is 17.0 Å². The van der Waals surface area contributed by atoms with Crippen LogP contribution in [0.3, 0.4) is 0 Å². The Labute approximate surface area is 210 Å². The number of rotatable bonds is 6. The Morgan fingerprint density at radius 2 is 1.81 bits per heavy atom. The smallest absolute Gasteiger partial charge is 0.410 e. The fourth-order valence-electron chi connectivity index (χ4n) is 4.65. The highest BCUT2D eigenvalue weighted by atomic mass is 16.6. The van der Waals surface area contributed by atoms with Crippen LogP contribution in [0.4, 0.5) is 4.79 Å². The largest absolute Gasteiger partial charge is 0.493 e. The number of fused-ring (bicyclic) bond motifs is 1. The molecule has 184 valence electrons.